The number of allylic oxidation sites excluding steroid dienone is 6. The van der Waals surface area contributed by atoms with E-state index >= 15 is 0 Å². The second-order valence-corrected chi connectivity index (χ2v) is 10.9. The average molecular weight is 478 g/mol. The molecule has 1 saturated heterocycles. The van der Waals surface area contributed by atoms with E-state index in [1.54, 1.807) is 4.90 Å². The molecule has 4 rings (SSSR count). The molecule has 0 bridgehead atoms. The molecule has 35 heavy (non-hydrogen) atoms. The van der Waals surface area contributed by atoms with Crippen molar-refractivity contribution in [2.24, 2.45) is 11.3 Å². The Kier molecular flexibility index (Phi) is 6.76. The predicted molar refractivity (Wildman–Crippen MR) is 135 cm³/mol. The molecule has 1 atom stereocenters. The van der Waals surface area contributed by atoms with Crippen molar-refractivity contribution < 1.29 is 23.9 Å². The number of aryl methyl sites for hydroxylation is 1. The van der Waals surface area contributed by atoms with E-state index in [-0.39, 0.29) is 29.2 Å². The summed E-state index contributed by atoms with van der Waals surface area (Å²) in [5.41, 5.74) is 4.07. The number of rotatable bonds is 4. The fourth-order valence-corrected chi connectivity index (χ4v) is 4.97. The molecule has 6 heteroatoms. The van der Waals surface area contributed by atoms with E-state index in [0.717, 1.165) is 36.8 Å². The molecule has 186 valence electrons. The molecular weight excluding hydrogens is 442 g/mol. The summed E-state index contributed by atoms with van der Waals surface area (Å²) in [6.45, 7) is 8.50. The van der Waals surface area contributed by atoms with Crippen molar-refractivity contribution in [2.45, 2.75) is 59.0 Å². The highest BCUT2D eigenvalue weighted by Gasteiger charge is 2.39. The van der Waals surface area contributed by atoms with Crippen LogP contribution in [-0.4, -0.2) is 48.5 Å². The highest BCUT2D eigenvalue weighted by molar-refractivity contribution is 6.01. The van der Waals surface area contributed by atoms with Crippen LogP contribution in [0.2, 0.25) is 0 Å². The molecule has 0 N–H and O–H groups in total. The van der Waals surface area contributed by atoms with E-state index in [0.29, 0.717) is 24.2 Å². The molecule has 2 aliphatic carbocycles. The fraction of sp³-hybridized carbons (Fsp3) is 0.483. The lowest BCUT2D eigenvalue weighted by atomic mass is 9.71. The molecule has 3 aliphatic rings. The highest BCUT2D eigenvalue weighted by atomic mass is 16.6. The number of carbonyl (C=O) groups excluding carboxylic acids is 3. The lowest BCUT2D eigenvalue weighted by Crippen LogP contribution is -2.54. The smallest absolute Gasteiger partial charge is 0.410 e. The van der Waals surface area contributed by atoms with Crippen LogP contribution in [0.4, 0.5) is 4.79 Å². The van der Waals surface area contributed by atoms with Crippen molar-refractivity contribution in [3.05, 3.63) is 64.8 Å². The van der Waals surface area contributed by atoms with Crippen LogP contribution >= 0.6 is 0 Å². The largest absolute Gasteiger partial charge is 0.465 e. The van der Waals surface area contributed by atoms with Gasteiger partial charge in [-0.1, -0.05) is 37.3 Å². The van der Waals surface area contributed by atoms with E-state index in [1.807, 2.05) is 51.1 Å². The zero-order chi connectivity index (χ0) is 25.4. The summed E-state index contributed by atoms with van der Waals surface area (Å²) < 4.78 is 10.3. The number of ketones is 1. The van der Waals surface area contributed by atoms with Gasteiger partial charge in [0.15, 0.2) is 5.78 Å². The summed E-state index contributed by atoms with van der Waals surface area (Å²) in [4.78, 5) is 38.8. The van der Waals surface area contributed by atoms with Gasteiger partial charge in [-0.05, 0) is 75.3 Å². The first-order valence-electron chi connectivity index (χ1n) is 12.3. The van der Waals surface area contributed by atoms with Crippen LogP contribution in [0.3, 0.4) is 0 Å². The van der Waals surface area contributed by atoms with Crippen LogP contribution in [0.1, 0.15) is 68.4 Å². The molecule has 0 spiro atoms. The molecule has 1 heterocycles. The van der Waals surface area contributed by atoms with E-state index in [9.17, 15) is 14.4 Å². The number of methoxy groups -OCH3 is 1. The Morgan fingerprint density at radius 2 is 1.86 bits per heavy atom. The maximum absolute atomic E-state index is 13.0. The number of hydrogen-bond acceptors (Lipinski definition) is 5. The zero-order valence-corrected chi connectivity index (χ0v) is 21.3. The van der Waals surface area contributed by atoms with Crippen LogP contribution in [0, 0.1) is 11.3 Å². The van der Waals surface area contributed by atoms with Gasteiger partial charge in [0.2, 0.25) is 0 Å². The van der Waals surface area contributed by atoms with Gasteiger partial charge in [-0.15, -0.1) is 0 Å². The Morgan fingerprint density at radius 3 is 2.49 bits per heavy atom. The van der Waals surface area contributed by atoms with Crippen LogP contribution in [-0.2, 0) is 20.7 Å². The number of hydrogen-bond donors (Lipinski definition) is 0. The number of Topliss-reactive ketones (excluding diaryl/α,β-unsaturated/α-hetero) is 1. The van der Waals surface area contributed by atoms with Crippen molar-refractivity contribution in [2.75, 3.05) is 20.2 Å². The SMILES string of the molecule is COC(=O)c1ccc2c(c1)CCCC=C2C1(C)C=CC(C(=O)C2CN(C(=O)OC(C)(C)C)C2)=CC1. The van der Waals surface area contributed by atoms with Crippen molar-refractivity contribution in [3.63, 3.8) is 0 Å². The van der Waals surface area contributed by atoms with E-state index < -0.39 is 5.60 Å². The third-order valence-electron chi connectivity index (χ3n) is 7.00. The van der Waals surface area contributed by atoms with Crippen LogP contribution in [0.25, 0.3) is 5.57 Å². The lowest BCUT2D eigenvalue weighted by molar-refractivity contribution is -0.123. The minimum Gasteiger partial charge on any atom is -0.465 e. The Labute approximate surface area is 207 Å². The minimum atomic E-state index is -0.544. The second-order valence-electron chi connectivity index (χ2n) is 10.9. The topological polar surface area (TPSA) is 72.9 Å². The summed E-state index contributed by atoms with van der Waals surface area (Å²) in [7, 11) is 1.40. The maximum atomic E-state index is 13.0. The van der Waals surface area contributed by atoms with Gasteiger partial charge in [0.1, 0.15) is 5.60 Å². The molecular formula is C29H35NO5. The van der Waals surface area contributed by atoms with E-state index in [2.05, 4.69) is 19.1 Å². The molecule has 1 amide bonds. The molecule has 0 radical (unpaired) electrons. The van der Waals surface area contributed by atoms with Crippen molar-refractivity contribution >= 4 is 23.4 Å². The number of esters is 1. The first-order valence-corrected chi connectivity index (χ1v) is 12.3. The van der Waals surface area contributed by atoms with Crippen molar-refractivity contribution in [3.8, 4) is 0 Å². The van der Waals surface area contributed by atoms with Crippen LogP contribution in [0.15, 0.2) is 48.1 Å². The Hall–Kier alpha value is -3.15. The number of ether oxygens (including phenoxy) is 2. The molecule has 1 fully saturated rings. The predicted octanol–water partition coefficient (Wildman–Crippen LogP) is 5.52. The van der Waals surface area contributed by atoms with Crippen LogP contribution in [0.5, 0.6) is 0 Å². The quantitative estimate of drug-likeness (QED) is 0.534. The first-order chi connectivity index (χ1) is 16.5. The van der Waals surface area contributed by atoms with Gasteiger partial charge in [0.05, 0.1) is 18.6 Å². The van der Waals surface area contributed by atoms with Crippen molar-refractivity contribution in [1.29, 1.82) is 0 Å². The van der Waals surface area contributed by atoms with Crippen molar-refractivity contribution in [1.82, 2.24) is 4.90 Å². The summed E-state index contributed by atoms with van der Waals surface area (Å²) in [6.07, 6.45) is 11.7. The summed E-state index contributed by atoms with van der Waals surface area (Å²) >= 11 is 0. The maximum Gasteiger partial charge on any atom is 0.410 e. The van der Waals surface area contributed by atoms with Crippen LogP contribution < -0.4 is 0 Å². The molecule has 1 aliphatic heterocycles. The fourth-order valence-electron chi connectivity index (χ4n) is 4.97. The number of nitrogens with zero attached hydrogens (tertiary/aromatic N) is 1. The molecule has 0 saturated carbocycles. The summed E-state index contributed by atoms with van der Waals surface area (Å²) in [6, 6.07) is 5.81. The summed E-state index contributed by atoms with van der Waals surface area (Å²) in [5.74, 6) is -0.419. The minimum absolute atomic E-state index is 0.0843. The van der Waals surface area contributed by atoms with Gasteiger partial charge < -0.3 is 14.4 Å². The Balaban J connectivity index is 1.45. The van der Waals surface area contributed by atoms with Gasteiger partial charge >= 0.3 is 12.1 Å². The van der Waals surface area contributed by atoms with Gasteiger partial charge in [0.25, 0.3) is 0 Å². The van der Waals surface area contributed by atoms with Gasteiger partial charge in [-0.25, -0.2) is 9.59 Å². The number of amides is 1. The monoisotopic (exact) mass is 477 g/mol. The normalized spacial score (nSPS) is 22.3. The average Bonchev–Trinajstić information content (AvgIpc) is 2.99. The standard InChI is InChI=1S/C29H35NO5/c1-28(2,3)35-27(33)30-17-22(18-30)25(31)19-12-14-29(4,15-13-19)24-9-7-6-8-20-16-21(26(32)34-5)10-11-23(20)24/h9-14,16,22H,6-8,15,17-18H2,1-5H3. The molecule has 1 aromatic carbocycles. The third kappa shape index (κ3) is 5.26. The van der Waals surface area contributed by atoms with Gasteiger partial charge in [-0.2, -0.15) is 0 Å². The number of likely N-dealkylation sites (tertiary alicyclic amines) is 1. The summed E-state index contributed by atoms with van der Waals surface area (Å²) in [5, 5.41) is 0. The number of carbonyl (C=O) groups is 3. The number of benzene rings is 1. The molecule has 0 aromatic heterocycles. The molecule has 6 nitrogen and oxygen atoms in total. The Morgan fingerprint density at radius 1 is 1.11 bits per heavy atom. The number of fused-ring (bicyclic) bond motifs is 1. The second kappa shape index (κ2) is 9.48. The molecule has 1 aromatic rings. The van der Waals surface area contributed by atoms with Gasteiger partial charge in [-0.3, -0.25) is 4.79 Å². The lowest BCUT2D eigenvalue weighted by Gasteiger charge is -2.39. The first kappa shape index (κ1) is 25.0. The zero-order valence-electron chi connectivity index (χ0n) is 21.3. The van der Waals surface area contributed by atoms with E-state index in [4.69, 9.17) is 9.47 Å². The Bertz CT molecular complexity index is 1130. The third-order valence-corrected chi connectivity index (χ3v) is 7.00. The highest BCUT2D eigenvalue weighted by Crippen LogP contribution is 2.45. The molecule has 1 unspecified atom stereocenters. The van der Waals surface area contributed by atoms with E-state index in [1.165, 1.54) is 12.7 Å². The van der Waals surface area contributed by atoms with Gasteiger partial charge in [0, 0.05) is 24.1 Å².